The van der Waals surface area contributed by atoms with Crippen LogP contribution >= 0.6 is 43.5 Å². The Balaban J connectivity index is 2.24. The maximum absolute atomic E-state index is 6.07. The molecule has 0 aliphatic rings. The van der Waals surface area contributed by atoms with E-state index in [4.69, 9.17) is 11.6 Å². The van der Waals surface area contributed by atoms with Crippen LogP contribution in [0.3, 0.4) is 0 Å². The van der Waals surface area contributed by atoms with Gasteiger partial charge in [0.2, 0.25) is 0 Å². The smallest absolute Gasteiger partial charge is 0.0423 e. The molecular weight excluding hydrogens is 391 g/mol. The fraction of sp³-hybridized carbons (Fsp3) is 0.214. The van der Waals surface area contributed by atoms with Gasteiger partial charge in [-0.3, -0.25) is 4.98 Å². The van der Waals surface area contributed by atoms with Crippen LogP contribution < -0.4 is 5.32 Å². The van der Waals surface area contributed by atoms with E-state index in [0.717, 1.165) is 31.6 Å². The number of benzene rings is 1. The standard InChI is InChI=1S/C14H13Br2ClN2/c1-18-14(7-11-4-2-9(15)8-19-11)12-6-10(17)3-5-13(12)16/h2-6,8,14,18H,7H2,1H3. The van der Waals surface area contributed by atoms with Crippen molar-refractivity contribution in [2.24, 2.45) is 0 Å². The quantitative estimate of drug-likeness (QED) is 0.795. The lowest BCUT2D eigenvalue weighted by atomic mass is 10.0. The number of nitrogens with zero attached hydrogens (tertiary/aromatic N) is 1. The number of hydrogen-bond donors (Lipinski definition) is 1. The Labute approximate surface area is 134 Å². The van der Waals surface area contributed by atoms with Gasteiger partial charge in [-0.2, -0.15) is 0 Å². The van der Waals surface area contributed by atoms with Crippen molar-refractivity contribution in [1.82, 2.24) is 10.3 Å². The highest BCUT2D eigenvalue weighted by atomic mass is 79.9. The number of rotatable bonds is 4. The molecule has 2 aromatic rings. The van der Waals surface area contributed by atoms with E-state index in [1.54, 1.807) is 0 Å². The molecule has 1 heterocycles. The maximum atomic E-state index is 6.07. The van der Waals surface area contributed by atoms with Crippen molar-refractivity contribution in [3.05, 3.63) is 61.8 Å². The molecule has 19 heavy (non-hydrogen) atoms. The lowest BCUT2D eigenvalue weighted by Crippen LogP contribution is -2.19. The molecule has 1 N–H and O–H groups in total. The number of nitrogens with one attached hydrogen (secondary N) is 1. The molecule has 1 unspecified atom stereocenters. The largest absolute Gasteiger partial charge is 0.313 e. The number of pyridine rings is 1. The molecule has 0 spiro atoms. The first-order valence-electron chi connectivity index (χ1n) is 5.83. The molecule has 1 aromatic heterocycles. The first kappa shape index (κ1) is 15.0. The van der Waals surface area contributed by atoms with Crippen LogP contribution in [0.25, 0.3) is 0 Å². The van der Waals surface area contributed by atoms with Gasteiger partial charge in [0.05, 0.1) is 0 Å². The van der Waals surface area contributed by atoms with Crippen molar-refractivity contribution in [3.63, 3.8) is 0 Å². The monoisotopic (exact) mass is 402 g/mol. The van der Waals surface area contributed by atoms with Crippen LogP contribution in [0.4, 0.5) is 0 Å². The minimum absolute atomic E-state index is 0.168. The molecular formula is C14H13Br2ClN2. The summed E-state index contributed by atoms with van der Waals surface area (Å²) in [5.74, 6) is 0. The fourth-order valence-corrected chi connectivity index (χ4v) is 2.82. The number of aromatic nitrogens is 1. The molecule has 5 heteroatoms. The molecule has 2 rings (SSSR count). The Hall–Kier alpha value is -0.420. The van der Waals surface area contributed by atoms with Gasteiger partial charge in [0.15, 0.2) is 0 Å². The van der Waals surface area contributed by atoms with E-state index in [2.05, 4.69) is 42.2 Å². The molecule has 0 bridgehead atoms. The van der Waals surface area contributed by atoms with Crippen molar-refractivity contribution in [1.29, 1.82) is 0 Å². The predicted octanol–water partition coefficient (Wildman–Crippen LogP) is 4.76. The summed E-state index contributed by atoms with van der Waals surface area (Å²) >= 11 is 13.0. The average Bonchev–Trinajstić information content (AvgIpc) is 2.41. The molecule has 2 nitrogen and oxygen atoms in total. The normalized spacial score (nSPS) is 12.4. The lowest BCUT2D eigenvalue weighted by molar-refractivity contribution is 0.582. The first-order chi connectivity index (χ1) is 9.10. The van der Waals surface area contributed by atoms with E-state index >= 15 is 0 Å². The van der Waals surface area contributed by atoms with E-state index in [1.165, 1.54) is 0 Å². The molecule has 1 atom stereocenters. The average molecular weight is 405 g/mol. The van der Waals surface area contributed by atoms with Gasteiger partial charge in [-0.25, -0.2) is 0 Å². The van der Waals surface area contributed by atoms with Crippen LogP contribution in [0, 0.1) is 0 Å². The van der Waals surface area contributed by atoms with Gasteiger partial charge in [-0.1, -0.05) is 27.5 Å². The van der Waals surface area contributed by atoms with E-state index in [9.17, 15) is 0 Å². The zero-order valence-electron chi connectivity index (χ0n) is 10.3. The van der Waals surface area contributed by atoms with Gasteiger partial charge in [0.25, 0.3) is 0 Å². The number of likely N-dealkylation sites (N-methyl/N-ethyl adjacent to an activating group) is 1. The second-order valence-electron chi connectivity index (χ2n) is 4.18. The molecule has 0 radical (unpaired) electrons. The number of halogens is 3. The highest BCUT2D eigenvalue weighted by molar-refractivity contribution is 9.10. The predicted molar refractivity (Wildman–Crippen MR) is 86.6 cm³/mol. The third kappa shape index (κ3) is 4.02. The topological polar surface area (TPSA) is 24.9 Å². The van der Waals surface area contributed by atoms with E-state index in [-0.39, 0.29) is 6.04 Å². The molecule has 1 aromatic carbocycles. The van der Waals surface area contributed by atoms with Crippen molar-refractivity contribution >= 4 is 43.5 Å². The van der Waals surface area contributed by atoms with Gasteiger partial charge in [-0.05, 0) is 58.9 Å². The van der Waals surface area contributed by atoms with Gasteiger partial charge >= 0.3 is 0 Å². The SMILES string of the molecule is CNC(Cc1ccc(Br)cn1)c1cc(Cl)ccc1Br. The zero-order valence-corrected chi connectivity index (χ0v) is 14.3. The minimum Gasteiger partial charge on any atom is -0.313 e. The van der Waals surface area contributed by atoms with E-state index in [1.807, 2.05) is 43.6 Å². The highest BCUT2D eigenvalue weighted by Crippen LogP contribution is 2.28. The summed E-state index contributed by atoms with van der Waals surface area (Å²) in [5.41, 5.74) is 2.18. The van der Waals surface area contributed by atoms with Crippen molar-refractivity contribution in [2.75, 3.05) is 7.05 Å². The Morgan fingerprint density at radius 3 is 2.68 bits per heavy atom. The summed E-state index contributed by atoms with van der Waals surface area (Å²) < 4.78 is 2.04. The van der Waals surface area contributed by atoms with E-state index < -0.39 is 0 Å². The second kappa shape index (κ2) is 6.84. The third-order valence-electron chi connectivity index (χ3n) is 2.88. The lowest BCUT2D eigenvalue weighted by Gasteiger charge is -2.18. The molecule has 0 aliphatic heterocycles. The zero-order chi connectivity index (χ0) is 13.8. The summed E-state index contributed by atoms with van der Waals surface area (Å²) in [7, 11) is 1.94. The summed E-state index contributed by atoms with van der Waals surface area (Å²) in [4.78, 5) is 4.41. The van der Waals surface area contributed by atoms with Crippen molar-refractivity contribution in [3.8, 4) is 0 Å². The van der Waals surface area contributed by atoms with Crippen LogP contribution in [0.5, 0.6) is 0 Å². The van der Waals surface area contributed by atoms with Crippen LogP contribution in [-0.4, -0.2) is 12.0 Å². The summed E-state index contributed by atoms with van der Waals surface area (Å²) in [6, 6.07) is 10.0. The van der Waals surface area contributed by atoms with E-state index in [0.29, 0.717) is 0 Å². The fourth-order valence-electron chi connectivity index (χ4n) is 1.89. The second-order valence-corrected chi connectivity index (χ2v) is 6.39. The van der Waals surface area contributed by atoms with Crippen LogP contribution in [-0.2, 0) is 6.42 Å². The Bertz CT molecular complexity index is 558. The maximum Gasteiger partial charge on any atom is 0.0423 e. The minimum atomic E-state index is 0.168. The van der Waals surface area contributed by atoms with Gasteiger partial charge in [0.1, 0.15) is 0 Å². The summed E-state index contributed by atoms with van der Waals surface area (Å²) in [5, 5.41) is 4.05. The Morgan fingerprint density at radius 2 is 2.05 bits per heavy atom. The molecule has 0 fully saturated rings. The molecule has 0 saturated heterocycles. The molecule has 0 amide bonds. The molecule has 0 saturated carbocycles. The highest BCUT2D eigenvalue weighted by Gasteiger charge is 2.14. The van der Waals surface area contributed by atoms with Gasteiger partial charge in [-0.15, -0.1) is 0 Å². The first-order valence-corrected chi connectivity index (χ1v) is 7.79. The van der Waals surface area contributed by atoms with Crippen molar-refractivity contribution < 1.29 is 0 Å². The Kier molecular flexibility index (Phi) is 5.39. The summed E-state index contributed by atoms with van der Waals surface area (Å²) in [6.07, 6.45) is 2.62. The number of hydrogen-bond acceptors (Lipinski definition) is 2. The third-order valence-corrected chi connectivity index (χ3v) is 4.31. The summed E-state index contributed by atoms with van der Waals surface area (Å²) in [6.45, 7) is 0. The molecule has 100 valence electrons. The van der Waals surface area contributed by atoms with Crippen molar-refractivity contribution in [2.45, 2.75) is 12.5 Å². The van der Waals surface area contributed by atoms with Crippen LogP contribution in [0.1, 0.15) is 17.3 Å². The van der Waals surface area contributed by atoms with Gasteiger partial charge in [0, 0.05) is 38.3 Å². The molecule has 0 aliphatic carbocycles. The van der Waals surface area contributed by atoms with Gasteiger partial charge < -0.3 is 5.32 Å². The van der Waals surface area contributed by atoms with Crippen LogP contribution in [0.15, 0.2) is 45.5 Å². The Morgan fingerprint density at radius 1 is 1.26 bits per heavy atom. The van der Waals surface area contributed by atoms with Crippen LogP contribution in [0.2, 0.25) is 5.02 Å².